The highest BCUT2D eigenvalue weighted by atomic mass is 16.1. The monoisotopic (exact) mass is 288 g/mol. The molecule has 0 bridgehead atoms. The average Bonchev–Trinajstić information content (AvgIpc) is 2.37. The molecule has 0 fully saturated rings. The SMILES string of the molecule is Cc1ccn2c(=O)cc(CN(C)CC(C)(C)CN)nc2c1. The van der Waals surface area contributed by atoms with Gasteiger partial charge in [0.2, 0.25) is 0 Å². The van der Waals surface area contributed by atoms with Crippen molar-refractivity contribution in [1.82, 2.24) is 14.3 Å². The largest absolute Gasteiger partial charge is 0.330 e. The number of hydrogen-bond acceptors (Lipinski definition) is 4. The number of fused-ring (bicyclic) bond motifs is 1. The first-order valence-electron chi connectivity index (χ1n) is 7.18. The molecule has 0 saturated carbocycles. The van der Waals surface area contributed by atoms with Crippen molar-refractivity contribution >= 4 is 5.65 Å². The van der Waals surface area contributed by atoms with Crippen molar-refractivity contribution < 1.29 is 0 Å². The molecule has 0 aliphatic rings. The molecule has 21 heavy (non-hydrogen) atoms. The molecule has 2 heterocycles. The number of nitrogens with two attached hydrogens (primary N) is 1. The summed E-state index contributed by atoms with van der Waals surface area (Å²) in [6.45, 7) is 8.39. The number of nitrogens with zero attached hydrogens (tertiary/aromatic N) is 3. The van der Waals surface area contributed by atoms with Crippen LogP contribution in [0.2, 0.25) is 0 Å². The molecule has 2 aromatic rings. The van der Waals surface area contributed by atoms with Crippen LogP contribution in [0.1, 0.15) is 25.1 Å². The molecule has 0 aromatic carbocycles. The Balaban J connectivity index is 2.25. The van der Waals surface area contributed by atoms with E-state index in [9.17, 15) is 4.79 Å². The fourth-order valence-corrected chi connectivity index (χ4v) is 2.46. The van der Waals surface area contributed by atoms with Crippen LogP contribution in [0.25, 0.3) is 5.65 Å². The topological polar surface area (TPSA) is 63.6 Å². The number of aromatic nitrogens is 2. The summed E-state index contributed by atoms with van der Waals surface area (Å²) < 4.78 is 1.57. The Bertz CT molecular complexity index is 690. The van der Waals surface area contributed by atoms with Crippen LogP contribution in [0.3, 0.4) is 0 Å². The van der Waals surface area contributed by atoms with Gasteiger partial charge in [-0.15, -0.1) is 0 Å². The lowest BCUT2D eigenvalue weighted by molar-refractivity contribution is 0.208. The van der Waals surface area contributed by atoms with E-state index < -0.39 is 0 Å². The van der Waals surface area contributed by atoms with Gasteiger partial charge in [-0.25, -0.2) is 4.98 Å². The maximum atomic E-state index is 12.1. The van der Waals surface area contributed by atoms with E-state index in [2.05, 4.69) is 23.7 Å². The van der Waals surface area contributed by atoms with Crippen molar-refractivity contribution in [3.05, 3.63) is 46.0 Å². The molecule has 5 heteroatoms. The Labute approximate surface area is 125 Å². The number of pyridine rings is 1. The molecule has 0 aliphatic heterocycles. The molecule has 2 N–H and O–H groups in total. The number of rotatable bonds is 5. The molecular formula is C16H24N4O. The van der Waals surface area contributed by atoms with Gasteiger partial charge in [0.1, 0.15) is 5.65 Å². The maximum Gasteiger partial charge on any atom is 0.258 e. The molecule has 0 radical (unpaired) electrons. The van der Waals surface area contributed by atoms with E-state index in [0.717, 1.165) is 17.8 Å². The van der Waals surface area contributed by atoms with Crippen LogP contribution in [-0.4, -0.2) is 34.4 Å². The number of aryl methyl sites for hydroxylation is 1. The third-order valence-electron chi connectivity index (χ3n) is 3.56. The van der Waals surface area contributed by atoms with Crippen LogP contribution in [0.5, 0.6) is 0 Å². The van der Waals surface area contributed by atoms with Crippen molar-refractivity contribution in [2.45, 2.75) is 27.3 Å². The van der Waals surface area contributed by atoms with Gasteiger partial charge in [0.25, 0.3) is 5.56 Å². The summed E-state index contributed by atoms with van der Waals surface area (Å²) in [6, 6.07) is 5.44. The van der Waals surface area contributed by atoms with Crippen LogP contribution in [0, 0.1) is 12.3 Å². The van der Waals surface area contributed by atoms with Gasteiger partial charge in [-0.2, -0.15) is 0 Å². The van der Waals surface area contributed by atoms with Crippen molar-refractivity contribution in [3.8, 4) is 0 Å². The fourth-order valence-electron chi connectivity index (χ4n) is 2.46. The summed E-state index contributed by atoms with van der Waals surface area (Å²) in [5.74, 6) is 0. The first-order valence-corrected chi connectivity index (χ1v) is 7.18. The molecule has 2 rings (SSSR count). The van der Waals surface area contributed by atoms with E-state index in [1.54, 1.807) is 16.7 Å². The lowest BCUT2D eigenvalue weighted by Crippen LogP contribution is -2.36. The minimum Gasteiger partial charge on any atom is -0.330 e. The summed E-state index contributed by atoms with van der Waals surface area (Å²) in [5, 5.41) is 0. The second kappa shape index (κ2) is 5.95. The van der Waals surface area contributed by atoms with E-state index in [1.807, 2.05) is 26.1 Å². The molecule has 0 unspecified atom stereocenters. The predicted molar refractivity (Wildman–Crippen MR) is 85.4 cm³/mol. The first kappa shape index (κ1) is 15.7. The molecular weight excluding hydrogens is 264 g/mol. The van der Waals surface area contributed by atoms with Crippen LogP contribution in [0.4, 0.5) is 0 Å². The van der Waals surface area contributed by atoms with Crippen LogP contribution in [0.15, 0.2) is 29.2 Å². The lowest BCUT2D eigenvalue weighted by atomic mass is 9.93. The second-order valence-electron chi connectivity index (χ2n) is 6.56. The van der Waals surface area contributed by atoms with E-state index >= 15 is 0 Å². The number of hydrogen-bond donors (Lipinski definition) is 1. The molecule has 0 aliphatic carbocycles. The third kappa shape index (κ3) is 3.89. The van der Waals surface area contributed by atoms with Gasteiger partial charge in [0, 0.05) is 25.4 Å². The van der Waals surface area contributed by atoms with Gasteiger partial charge in [-0.05, 0) is 43.6 Å². The Morgan fingerprint density at radius 2 is 2.10 bits per heavy atom. The molecule has 0 spiro atoms. The van der Waals surface area contributed by atoms with Gasteiger partial charge in [0.15, 0.2) is 0 Å². The normalized spacial score (nSPS) is 12.3. The highest BCUT2D eigenvalue weighted by molar-refractivity contribution is 5.41. The second-order valence-corrected chi connectivity index (χ2v) is 6.56. The zero-order chi connectivity index (χ0) is 15.6. The Kier molecular flexibility index (Phi) is 4.44. The fraction of sp³-hybridized carbons (Fsp3) is 0.500. The molecule has 0 saturated heterocycles. The van der Waals surface area contributed by atoms with Crippen molar-refractivity contribution in [1.29, 1.82) is 0 Å². The van der Waals surface area contributed by atoms with E-state index in [-0.39, 0.29) is 11.0 Å². The molecule has 114 valence electrons. The average molecular weight is 288 g/mol. The maximum absolute atomic E-state index is 12.1. The third-order valence-corrected chi connectivity index (χ3v) is 3.56. The van der Waals surface area contributed by atoms with E-state index in [1.165, 1.54) is 0 Å². The standard InChI is InChI=1S/C16H24N4O/c1-12-5-6-20-14(7-12)18-13(8-15(20)21)9-19(4)11-16(2,3)10-17/h5-8H,9-11,17H2,1-4H3. The van der Waals surface area contributed by atoms with E-state index in [0.29, 0.717) is 18.7 Å². The van der Waals surface area contributed by atoms with Crippen LogP contribution < -0.4 is 11.3 Å². The highest BCUT2D eigenvalue weighted by Crippen LogP contribution is 2.15. The zero-order valence-corrected chi connectivity index (χ0v) is 13.3. The van der Waals surface area contributed by atoms with Gasteiger partial charge in [-0.1, -0.05) is 13.8 Å². The smallest absolute Gasteiger partial charge is 0.258 e. The predicted octanol–water partition coefficient (Wildman–Crippen LogP) is 1.42. The quantitative estimate of drug-likeness (QED) is 0.904. The Morgan fingerprint density at radius 1 is 1.38 bits per heavy atom. The molecule has 2 aromatic heterocycles. The summed E-state index contributed by atoms with van der Waals surface area (Å²) in [5.41, 5.74) is 8.36. The summed E-state index contributed by atoms with van der Waals surface area (Å²) in [7, 11) is 2.02. The molecule has 0 amide bonds. The summed E-state index contributed by atoms with van der Waals surface area (Å²) >= 11 is 0. The van der Waals surface area contributed by atoms with Crippen LogP contribution in [-0.2, 0) is 6.54 Å². The minimum absolute atomic E-state index is 0.0403. The van der Waals surface area contributed by atoms with Crippen LogP contribution >= 0.6 is 0 Å². The Morgan fingerprint density at radius 3 is 2.76 bits per heavy atom. The van der Waals surface area contributed by atoms with Gasteiger partial charge in [0.05, 0.1) is 5.69 Å². The molecule has 0 atom stereocenters. The highest BCUT2D eigenvalue weighted by Gasteiger charge is 2.18. The van der Waals surface area contributed by atoms with Crippen molar-refractivity contribution in [2.24, 2.45) is 11.1 Å². The summed E-state index contributed by atoms with van der Waals surface area (Å²) in [6.07, 6.45) is 1.77. The van der Waals surface area contributed by atoms with Gasteiger partial charge >= 0.3 is 0 Å². The van der Waals surface area contributed by atoms with Crippen molar-refractivity contribution in [2.75, 3.05) is 20.1 Å². The van der Waals surface area contributed by atoms with Crippen molar-refractivity contribution in [3.63, 3.8) is 0 Å². The molecule has 5 nitrogen and oxygen atoms in total. The van der Waals surface area contributed by atoms with E-state index in [4.69, 9.17) is 5.73 Å². The summed E-state index contributed by atoms with van der Waals surface area (Å²) in [4.78, 5) is 18.9. The van der Waals surface area contributed by atoms with Gasteiger partial charge in [-0.3, -0.25) is 14.1 Å². The first-order chi connectivity index (χ1) is 9.80. The zero-order valence-electron chi connectivity index (χ0n) is 13.3. The minimum atomic E-state index is -0.0403. The lowest BCUT2D eigenvalue weighted by Gasteiger charge is -2.28. The van der Waals surface area contributed by atoms with Gasteiger partial charge < -0.3 is 5.73 Å². The Hall–Kier alpha value is -1.72.